The third-order valence-electron chi connectivity index (χ3n) is 3.93. The minimum atomic E-state index is -0.324. The van der Waals surface area contributed by atoms with Gasteiger partial charge in [-0.2, -0.15) is 5.10 Å². The standard InChI is InChI=1S/C15H13N5O2/c21-13-6-11(10-2-1-4-16-14(10)18-13)15(22)20-5-3-12-9(8-20)7-17-19-12/h1-2,4,6-7H,3,5,8H2,(H,17,19)(H,16,18,21). The number of carbonyl (C=O) groups is 1. The van der Waals surface area contributed by atoms with Crippen molar-refractivity contribution in [2.45, 2.75) is 13.0 Å². The zero-order valence-corrected chi connectivity index (χ0v) is 11.7. The van der Waals surface area contributed by atoms with Crippen LogP contribution in [0.25, 0.3) is 11.0 Å². The summed E-state index contributed by atoms with van der Waals surface area (Å²) in [5, 5.41) is 7.61. The molecule has 0 unspecified atom stereocenters. The number of hydrogen-bond acceptors (Lipinski definition) is 4. The third-order valence-corrected chi connectivity index (χ3v) is 3.93. The number of carbonyl (C=O) groups excluding carboxylic acids is 1. The molecular weight excluding hydrogens is 282 g/mol. The molecule has 0 bridgehead atoms. The zero-order valence-electron chi connectivity index (χ0n) is 11.7. The number of nitrogens with one attached hydrogen (secondary N) is 2. The summed E-state index contributed by atoms with van der Waals surface area (Å²) in [6.07, 6.45) is 4.07. The van der Waals surface area contributed by atoms with Crippen molar-refractivity contribution >= 4 is 16.9 Å². The second-order valence-electron chi connectivity index (χ2n) is 5.30. The van der Waals surface area contributed by atoms with E-state index in [1.165, 1.54) is 6.07 Å². The van der Waals surface area contributed by atoms with E-state index in [0.717, 1.165) is 17.7 Å². The molecule has 3 aromatic rings. The number of H-pyrrole nitrogens is 2. The quantitative estimate of drug-likeness (QED) is 0.695. The molecule has 0 atom stereocenters. The summed E-state index contributed by atoms with van der Waals surface area (Å²) >= 11 is 0. The summed E-state index contributed by atoms with van der Waals surface area (Å²) in [4.78, 5) is 33.1. The van der Waals surface area contributed by atoms with Crippen LogP contribution in [0.2, 0.25) is 0 Å². The van der Waals surface area contributed by atoms with Gasteiger partial charge in [-0.05, 0) is 12.1 Å². The smallest absolute Gasteiger partial charge is 0.255 e. The van der Waals surface area contributed by atoms with Gasteiger partial charge in [-0.15, -0.1) is 0 Å². The van der Waals surface area contributed by atoms with Crippen LogP contribution >= 0.6 is 0 Å². The van der Waals surface area contributed by atoms with Crippen molar-refractivity contribution < 1.29 is 4.79 Å². The highest BCUT2D eigenvalue weighted by atomic mass is 16.2. The van der Waals surface area contributed by atoms with Gasteiger partial charge >= 0.3 is 0 Å². The average molecular weight is 295 g/mol. The third kappa shape index (κ3) is 1.98. The fraction of sp³-hybridized carbons (Fsp3) is 0.200. The predicted molar refractivity (Wildman–Crippen MR) is 79.4 cm³/mol. The molecular formula is C15H13N5O2. The topological polar surface area (TPSA) is 94.7 Å². The molecule has 0 aliphatic carbocycles. The highest BCUT2D eigenvalue weighted by molar-refractivity contribution is 6.05. The number of amides is 1. The molecule has 0 aromatic carbocycles. The summed E-state index contributed by atoms with van der Waals surface area (Å²) in [5.74, 6) is -0.157. The fourth-order valence-corrected chi connectivity index (χ4v) is 2.83. The summed E-state index contributed by atoms with van der Waals surface area (Å²) in [5.41, 5.74) is 2.59. The molecule has 7 heteroatoms. The summed E-state index contributed by atoms with van der Waals surface area (Å²) < 4.78 is 0. The first-order valence-corrected chi connectivity index (χ1v) is 7.01. The van der Waals surface area contributed by atoms with Crippen LogP contribution in [-0.4, -0.2) is 37.5 Å². The van der Waals surface area contributed by atoms with Crippen molar-refractivity contribution in [3.8, 4) is 0 Å². The van der Waals surface area contributed by atoms with Crippen LogP contribution in [0, 0.1) is 0 Å². The van der Waals surface area contributed by atoms with Crippen LogP contribution in [0.5, 0.6) is 0 Å². The number of rotatable bonds is 1. The molecule has 2 N–H and O–H groups in total. The number of nitrogens with zero attached hydrogens (tertiary/aromatic N) is 3. The van der Waals surface area contributed by atoms with Crippen LogP contribution in [0.4, 0.5) is 0 Å². The van der Waals surface area contributed by atoms with E-state index in [2.05, 4.69) is 20.2 Å². The van der Waals surface area contributed by atoms with E-state index in [0.29, 0.717) is 29.7 Å². The van der Waals surface area contributed by atoms with Gasteiger partial charge in [0.1, 0.15) is 5.65 Å². The van der Waals surface area contributed by atoms with Crippen molar-refractivity contribution in [1.82, 2.24) is 25.1 Å². The Balaban J connectivity index is 1.76. The fourth-order valence-electron chi connectivity index (χ4n) is 2.83. The first-order valence-electron chi connectivity index (χ1n) is 7.01. The Labute approximate surface area is 125 Å². The Morgan fingerprint density at radius 3 is 3.18 bits per heavy atom. The van der Waals surface area contributed by atoms with Gasteiger partial charge in [0.15, 0.2) is 0 Å². The minimum Gasteiger partial charge on any atom is -0.334 e. The van der Waals surface area contributed by atoms with E-state index in [1.54, 1.807) is 29.4 Å². The number of aromatic nitrogens is 4. The van der Waals surface area contributed by atoms with E-state index in [9.17, 15) is 9.59 Å². The molecule has 0 spiro atoms. The number of fused-ring (bicyclic) bond motifs is 2. The molecule has 110 valence electrons. The lowest BCUT2D eigenvalue weighted by atomic mass is 10.1. The molecule has 1 amide bonds. The summed E-state index contributed by atoms with van der Waals surface area (Å²) in [6, 6.07) is 4.89. The Bertz CT molecular complexity index is 927. The first-order chi connectivity index (χ1) is 10.7. The molecule has 0 saturated carbocycles. The van der Waals surface area contributed by atoms with Gasteiger partial charge in [0, 0.05) is 48.4 Å². The van der Waals surface area contributed by atoms with Gasteiger partial charge in [-0.3, -0.25) is 14.7 Å². The lowest BCUT2D eigenvalue weighted by molar-refractivity contribution is 0.0736. The molecule has 22 heavy (non-hydrogen) atoms. The van der Waals surface area contributed by atoms with Crippen LogP contribution in [0.3, 0.4) is 0 Å². The van der Waals surface area contributed by atoms with Crippen LogP contribution in [0.15, 0.2) is 35.4 Å². The molecule has 4 heterocycles. The van der Waals surface area contributed by atoms with Gasteiger partial charge in [0.05, 0.1) is 11.8 Å². The van der Waals surface area contributed by atoms with Crippen LogP contribution in [-0.2, 0) is 13.0 Å². The maximum atomic E-state index is 12.8. The monoisotopic (exact) mass is 295 g/mol. The number of aromatic amines is 2. The lowest BCUT2D eigenvalue weighted by Gasteiger charge is -2.26. The maximum Gasteiger partial charge on any atom is 0.255 e. The van der Waals surface area contributed by atoms with Gasteiger partial charge in [0.2, 0.25) is 5.56 Å². The van der Waals surface area contributed by atoms with Crippen molar-refractivity contribution in [2.24, 2.45) is 0 Å². The predicted octanol–water partition coefficient (Wildman–Crippen LogP) is 0.845. The molecule has 4 rings (SSSR count). The second kappa shape index (κ2) is 4.80. The Kier molecular flexibility index (Phi) is 2.78. The van der Waals surface area contributed by atoms with Crippen molar-refractivity contribution in [1.29, 1.82) is 0 Å². The largest absolute Gasteiger partial charge is 0.334 e. The molecule has 1 aliphatic heterocycles. The molecule has 1 aliphatic rings. The number of pyridine rings is 2. The van der Waals surface area contributed by atoms with Crippen molar-refractivity contribution in [3.63, 3.8) is 0 Å². The minimum absolute atomic E-state index is 0.157. The van der Waals surface area contributed by atoms with Crippen molar-refractivity contribution in [2.75, 3.05) is 6.54 Å². The maximum absolute atomic E-state index is 12.8. The van der Waals surface area contributed by atoms with Gasteiger partial charge in [0.25, 0.3) is 5.91 Å². The van der Waals surface area contributed by atoms with E-state index in [4.69, 9.17) is 0 Å². The summed E-state index contributed by atoms with van der Waals surface area (Å²) in [7, 11) is 0. The van der Waals surface area contributed by atoms with Crippen LogP contribution in [0.1, 0.15) is 21.6 Å². The van der Waals surface area contributed by atoms with E-state index in [1.807, 2.05) is 0 Å². The Morgan fingerprint density at radius 1 is 1.36 bits per heavy atom. The Morgan fingerprint density at radius 2 is 2.27 bits per heavy atom. The van der Waals surface area contributed by atoms with Gasteiger partial charge in [-0.1, -0.05) is 0 Å². The van der Waals surface area contributed by atoms with Gasteiger partial charge < -0.3 is 9.88 Å². The normalized spacial score (nSPS) is 14.1. The SMILES string of the molecule is O=C(c1cc(=O)[nH]c2ncccc12)N1CCc2[nH]ncc2C1. The average Bonchev–Trinajstić information content (AvgIpc) is 3.00. The molecule has 0 fully saturated rings. The molecule has 0 saturated heterocycles. The van der Waals surface area contributed by atoms with Crippen LogP contribution < -0.4 is 5.56 Å². The first kappa shape index (κ1) is 12.8. The van der Waals surface area contributed by atoms with Crippen molar-refractivity contribution in [3.05, 3.63) is 57.8 Å². The molecule has 0 radical (unpaired) electrons. The van der Waals surface area contributed by atoms with E-state index >= 15 is 0 Å². The zero-order chi connectivity index (χ0) is 15.1. The summed E-state index contributed by atoms with van der Waals surface area (Å²) in [6.45, 7) is 1.10. The lowest BCUT2D eigenvalue weighted by Crippen LogP contribution is -2.36. The van der Waals surface area contributed by atoms with E-state index in [-0.39, 0.29) is 11.5 Å². The van der Waals surface area contributed by atoms with E-state index < -0.39 is 0 Å². The number of hydrogen-bond donors (Lipinski definition) is 2. The van der Waals surface area contributed by atoms with Gasteiger partial charge in [-0.25, -0.2) is 4.98 Å². The second-order valence-corrected chi connectivity index (χ2v) is 5.30. The Hall–Kier alpha value is -2.96. The highest BCUT2D eigenvalue weighted by Gasteiger charge is 2.24. The highest BCUT2D eigenvalue weighted by Crippen LogP contribution is 2.20. The molecule has 7 nitrogen and oxygen atoms in total. The molecule has 3 aromatic heterocycles.